The SMILES string of the molecule is CCCCCCCCCCCCCCCOC(=O)CCN(C)CCC(=O)OCCCCCCCCCCCCCCC. The Morgan fingerprint density at radius 3 is 0.905 bits per heavy atom. The van der Waals surface area contributed by atoms with Crippen LogP contribution in [0.3, 0.4) is 0 Å². The van der Waals surface area contributed by atoms with Gasteiger partial charge in [0, 0.05) is 13.1 Å². The highest BCUT2D eigenvalue weighted by Crippen LogP contribution is 2.14. The van der Waals surface area contributed by atoms with Crippen molar-refractivity contribution in [1.29, 1.82) is 0 Å². The summed E-state index contributed by atoms with van der Waals surface area (Å²) in [6.45, 7) is 6.84. The Morgan fingerprint density at radius 1 is 0.405 bits per heavy atom. The first-order valence-electron chi connectivity index (χ1n) is 18.6. The normalized spacial score (nSPS) is 11.3. The molecule has 5 heteroatoms. The molecule has 0 fully saturated rings. The molecule has 5 nitrogen and oxygen atoms in total. The monoisotopic (exact) mass is 596 g/mol. The minimum Gasteiger partial charge on any atom is -0.466 e. The van der Waals surface area contributed by atoms with Gasteiger partial charge in [-0.25, -0.2) is 0 Å². The number of rotatable bonds is 34. The van der Waals surface area contributed by atoms with Gasteiger partial charge in [0.1, 0.15) is 0 Å². The van der Waals surface area contributed by atoms with E-state index in [1.54, 1.807) is 0 Å². The van der Waals surface area contributed by atoms with Crippen LogP contribution in [0.15, 0.2) is 0 Å². The maximum absolute atomic E-state index is 12.0. The summed E-state index contributed by atoms with van der Waals surface area (Å²) in [6, 6.07) is 0. The number of unbranched alkanes of at least 4 members (excludes halogenated alkanes) is 24. The average molecular weight is 596 g/mol. The second-order valence-corrected chi connectivity index (χ2v) is 12.7. The van der Waals surface area contributed by atoms with Gasteiger partial charge in [0.05, 0.1) is 26.1 Å². The van der Waals surface area contributed by atoms with Crippen LogP contribution in [0, 0.1) is 0 Å². The molecule has 0 radical (unpaired) electrons. The van der Waals surface area contributed by atoms with E-state index in [0.717, 1.165) is 25.7 Å². The molecule has 0 aromatic rings. The highest BCUT2D eigenvalue weighted by Gasteiger charge is 2.09. The van der Waals surface area contributed by atoms with E-state index < -0.39 is 0 Å². The third kappa shape index (κ3) is 33.4. The molecule has 0 aliphatic carbocycles. The Bertz CT molecular complexity index is 520. The predicted molar refractivity (Wildman–Crippen MR) is 180 cm³/mol. The van der Waals surface area contributed by atoms with Crippen molar-refractivity contribution >= 4 is 11.9 Å². The van der Waals surface area contributed by atoms with Gasteiger partial charge in [0.25, 0.3) is 0 Å². The molecule has 0 amide bonds. The lowest BCUT2D eigenvalue weighted by Gasteiger charge is -2.15. The highest BCUT2D eigenvalue weighted by atomic mass is 16.5. The number of nitrogens with zero attached hydrogens (tertiary/aromatic N) is 1. The number of ether oxygens (including phenoxy) is 2. The van der Waals surface area contributed by atoms with Crippen molar-refractivity contribution in [3.63, 3.8) is 0 Å². The molecule has 250 valence electrons. The molecule has 42 heavy (non-hydrogen) atoms. The zero-order valence-corrected chi connectivity index (χ0v) is 28.7. The molecule has 0 aromatic carbocycles. The topological polar surface area (TPSA) is 55.8 Å². The highest BCUT2D eigenvalue weighted by molar-refractivity contribution is 5.70. The summed E-state index contributed by atoms with van der Waals surface area (Å²) in [5, 5.41) is 0. The maximum atomic E-state index is 12.0. The minimum atomic E-state index is -0.134. The molecule has 0 aromatic heterocycles. The van der Waals surface area contributed by atoms with Crippen LogP contribution in [0.25, 0.3) is 0 Å². The first-order valence-corrected chi connectivity index (χ1v) is 18.6. The summed E-state index contributed by atoms with van der Waals surface area (Å²) < 4.78 is 10.8. The molecular formula is C37H73NO4. The fourth-order valence-corrected chi connectivity index (χ4v) is 5.43. The molecule has 0 aliphatic heterocycles. The Hall–Kier alpha value is -1.10. The zero-order valence-electron chi connectivity index (χ0n) is 28.7. The molecule has 0 atom stereocenters. The molecule has 0 rings (SSSR count). The van der Waals surface area contributed by atoms with Crippen LogP contribution >= 0.6 is 0 Å². The van der Waals surface area contributed by atoms with Crippen LogP contribution in [0.5, 0.6) is 0 Å². The van der Waals surface area contributed by atoms with Gasteiger partial charge in [0.2, 0.25) is 0 Å². The fourth-order valence-electron chi connectivity index (χ4n) is 5.43. The molecular weight excluding hydrogens is 522 g/mol. The molecule has 0 saturated carbocycles. The number of esters is 2. The van der Waals surface area contributed by atoms with Gasteiger partial charge in [-0.3, -0.25) is 9.59 Å². The lowest BCUT2D eigenvalue weighted by atomic mass is 10.0. The van der Waals surface area contributed by atoms with Crippen molar-refractivity contribution < 1.29 is 19.1 Å². The Morgan fingerprint density at radius 2 is 0.643 bits per heavy atom. The first-order chi connectivity index (χ1) is 20.6. The molecule has 0 spiro atoms. The van der Waals surface area contributed by atoms with E-state index in [1.807, 2.05) is 11.9 Å². The van der Waals surface area contributed by atoms with Crippen LogP contribution in [-0.4, -0.2) is 50.2 Å². The lowest BCUT2D eigenvalue weighted by molar-refractivity contribution is -0.144. The minimum absolute atomic E-state index is 0.134. The largest absolute Gasteiger partial charge is 0.466 e. The van der Waals surface area contributed by atoms with Crippen molar-refractivity contribution in [2.75, 3.05) is 33.4 Å². The van der Waals surface area contributed by atoms with E-state index in [4.69, 9.17) is 9.47 Å². The Balaban J connectivity index is 3.38. The molecule has 0 unspecified atom stereocenters. The van der Waals surface area contributed by atoms with Crippen LogP contribution < -0.4 is 0 Å². The quantitative estimate of drug-likeness (QED) is 0.0547. The number of hydrogen-bond acceptors (Lipinski definition) is 5. The third-order valence-electron chi connectivity index (χ3n) is 8.42. The molecule has 0 N–H and O–H groups in total. The molecule has 0 saturated heterocycles. The number of hydrogen-bond donors (Lipinski definition) is 0. The predicted octanol–water partition coefficient (Wildman–Crippen LogP) is 11.0. The van der Waals surface area contributed by atoms with E-state index in [0.29, 0.717) is 39.1 Å². The van der Waals surface area contributed by atoms with Crippen molar-refractivity contribution in [2.24, 2.45) is 0 Å². The maximum Gasteiger partial charge on any atom is 0.307 e. The van der Waals surface area contributed by atoms with Gasteiger partial charge in [-0.15, -0.1) is 0 Å². The van der Waals surface area contributed by atoms with Crippen molar-refractivity contribution in [1.82, 2.24) is 4.90 Å². The average Bonchev–Trinajstić information content (AvgIpc) is 2.99. The summed E-state index contributed by atoms with van der Waals surface area (Å²) >= 11 is 0. The van der Waals surface area contributed by atoms with Gasteiger partial charge in [-0.1, -0.05) is 168 Å². The van der Waals surface area contributed by atoms with E-state index in [-0.39, 0.29) is 11.9 Å². The standard InChI is InChI=1S/C37H73NO4/c1-4-6-8-10-12-14-16-18-20-22-24-26-28-34-41-36(39)30-32-38(3)33-31-37(40)42-35-29-27-25-23-21-19-17-15-13-11-9-7-5-2/h4-35H2,1-3H3. The second kappa shape index (κ2) is 34.4. The van der Waals surface area contributed by atoms with Crippen molar-refractivity contribution in [3.05, 3.63) is 0 Å². The summed E-state index contributed by atoms with van der Waals surface area (Å²) in [4.78, 5) is 26.1. The molecule has 0 bridgehead atoms. The van der Waals surface area contributed by atoms with E-state index in [2.05, 4.69) is 13.8 Å². The van der Waals surface area contributed by atoms with Crippen LogP contribution in [0.4, 0.5) is 0 Å². The summed E-state index contributed by atoms with van der Waals surface area (Å²) in [5.41, 5.74) is 0. The van der Waals surface area contributed by atoms with Gasteiger partial charge in [0.15, 0.2) is 0 Å². The number of carbonyl (C=O) groups excluding carboxylic acids is 2. The van der Waals surface area contributed by atoms with Gasteiger partial charge in [-0.05, 0) is 19.9 Å². The molecule has 0 heterocycles. The van der Waals surface area contributed by atoms with E-state index >= 15 is 0 Å². The summed E-state index contributed by atoms with van der Waals surface area (Å²) in [5.74, 6) is -0.267. The van der Waals surface area contributed by atoms with Crippen LogP contribution in [-0.2, 0) is 19.1 Å². The fraction of sp³-hybridized carbons (Fsp3) is 0.946. The Kier molecular flexibility index (Phi) is 33.5. The smallest absolute Gasteiger partial charge is 0.307 e. The van der Waals surface area contributed by atoms with Crippen molar-refractivity contribution in [2.45, 2.75) is 194 Å². The third-order valence-corrected chi connectivity index (χ3v) is 8.42. The zero-order chi connectivity index (χ0) is 30.8. The van der Waals surface area contributed by atoms with E-state index in [9.17, 15) is 9.59 Å². The van der Waals surface area contributed by atoms with E-state index in [1.165, 1.54) is 141 Å². The Labute approximate surface area is 262 Å². The summed E-state index contributed by atoms with van der Waals surface area (Å²) in [7, 11) is 1.94. The van der Waals surface area contributed by atoms with Gasteiger partial charge >= 0.3 is 11.9 Å². The van der Waals surface area contributed by atoms with Crippen LogP contribution in [0.2, 0.25) is 0 Å². The number of carbonyl (C=O) groups is 2. The van der Waals surface area contributed by atoms with Gasteiger partial charge in [-0.2, -0.15) is 0 Å². The van der Waals surface area contributed by atoms with Crippen LogP contribution in [0.1, 0.15) is 194 Å². The van der Waals surface area contributed by atoms with Gasteiger partial charge < -0.3 is 14.4 Å². The molecule has 0 aliphatic rings. The first kappa shape index (κ1) is 40.9. The second-order valence-electron chi connectivity index (χ2n) is 12.7. The lowest BCUT2D eigenvalue weighted by Crippen LogP contribution is -2.26. The summed E-state index contributed by atoms with van der Waals surface area (Å²) in [6.07, 6.45) is 35.0. The van der Waals surface area contributed by atoms with Crippen molar-refractivity contribution in [3.8, 4) is 0 Å².